The molecule has 1 aliphatic heterocycles. The number of hydrogen-bond donors (Lipinski definition) is 0. The van der Waals surface area contributed by atoms with Crippen molar-refractivity contribution in [1.82, 2.24) is 4.90 Å². The van der Waals surface area contributed by atoms with Gasteiger partial charge in [-0.25, -0.2) is 0 Å². The average Bonchev–Trinajstić information content (AvgIpc) is 2.83. The standard InChI is InChI=1S/C26H26ClNO4/c1-17-9-10-21(27)22(13-17)32-16-25(29)28-12-11-19-14-23(30-2)24(31-3)15-20(19)26(28)18-7-5-4-6-8-18/h4-10,13-15,26H,11-12,16H2,1-3H3. The van der Waals surface area contributed by atoms with Crippen molar-refractivity contribution >= 4 is 17.5 Å². The minimum atomic E-state index is -0.246. The fraction of sp³-hybridized carbons (Fsp3) is 0.269. The molecule has 1 heterocycles. The van der Waals surface area contributed by atoms with E-state index < -0.39 is 0 Å². The summed E-state index contributed by atoms with van der Waals surface area (Å²) in [6.07, 6.45) is 0.718. The number of methoxy groups -OCH3 is 2. The van der Waals surface area contributed by atoms with Crippen molar-refractivity contribution in [3.05, 3.63) is 87.9 Å². The summed E-state index contributed by atoms with van der Waals surface area (Å²) in [6.45, 7) is 2.45. The molecule has 1 unspecified atom stereocenters. The van der Waals surface area contributed by atoms with E-state index in [0.717, 1.165) is 28.7 Å². The number of rotatable bonds is 6. The van der Waals surface area contributed by atoms with E-state index in [-0.39, 0.29) is 18.6 Å². The van der Waals surface area contributed by atoms with Gasteiger partial charge in [0.25, 0.3) is 5.91 Å². The predicted octanol–water partition coefficient (Wildman–Crippen LogP) is 5.22. The first kappa shape index (κ1) is 22.0. The van der Waals surface area contributed by atoms with Crippen LogP contribution in [-0.2, 0) is 11.2 Å². The van der Waals surface area contributed by atoms with Crippen molar-refractivity contribution in [2.45, 2.75) is 19.4 Å². The van der Waals surface area contributed by atoms with Crippen LogP contribution in [0.5, 0.6) is 17.2 Å². The van der Waals surface area contributed by atoms with Crippen LogP contribution in [0.25, 0.3) is 0 Å². The van der Waals surface area contributed by atoms with Gasteiger partial charge in [-0.15, -0.1) is 0 Å². The Morgan fingerprint density at radius 1 is 1.00 bits per heavy atom. The van der Waals surface area contributed by atoms with Crippen LogP contribution < -0.4 is 14.2 Å². The smallest absolute Gasteiger partial charge is 0.261 e. The van der Waals surface area contributed by atoms with Crippen molar-refractivity contribution in [2.24, 2.45) is 0 Å². The Morgan fingerprint density at radius 2 is 1.72 bits per heavy atom. The van der Waals surface area contributed by atoms with E-state index in [4.69, 9.17) is 25.8 Å². The van der Waals surface area contributed by atoms with E-state index in [0.29, 0.717) is 28.8 Å². The molecule has 0 aliphatic carbocycles. The lowest BCUT2D eigenvalue weighted by Crippen LogP contribution is -2.43. The van der Waals surface area contributed by atoms with E-state index >= 15 is 0 Å². The van der Waals surface area contributed by atoms with Crippen LogP contribution in [0.3, 0.4) is 0 Å². The molecule has 32 heavy (non-hydrogen) atoms. The number of benzene rings is 3. The third kappa shape index (κ3) is 4.39. The molecular formula is C26H26ClNO4. The first-order chi connectivity index (χ1) is 15.5. The normalized spacial score (nSPS) is 15.1. The van der Waals surface area contributed by atoms with Gasteiger partial charge < -0.3 is 19.1 Å². The molecule has 0 fully saturated rings. The van der Waals surface area contributed by atoms with Crippen LogP contribution in [0.4, 0.5) is 0 Å². The number of aryl methyl sites for hydroxylation is 1. The molecule has 1 aliphatic rings. The number of amides is 1. The monoisotopic (exact) mass is 451 g/mol. The largest absolute Gasteiger partial charge is 0.493 e. The quantitative estimate of drug-likeness (QED) is 0.515. The van der Waals surface area contributed by atoms with Gasteiger partial charge in [-0.2, -0.15) is 0 Å². The van der Waals surface area contributed by atoms with Crippen LogP contribution in [0.15, 0.2) is 60.7 Å². The topological polar surface area (TPSA) is 48.0 Å². The Bertz CT molecular complexity index is 1120. The van der Waals surface area contributed by atoms with Crippen LogP contribution in [0, 0.1) is 6.92 Å². The number of ether oxygens (including phenoxy) is 3. The fourth-order valence-electron chi connectivity index (χ4n) is 4.15. The third-order valence-electron chi connectivity index (χ3n) is 5.75. The lowest BCUT2D eigenvalue weighted by Gasteiger charge is -2.38. The minimum absolute atomic E-state index is 0.0882. The van der Waals surface area contributed by atoms with Crippen molar-refractivity contribution < 1.29 is 19.0 Å². The summed E-state index contributed by atoms with van der Waals surface area (Å²) in [5.74, 6) is 1.75. The number of carbonyl (C=O) groups is 1. The maximum absolute atomic E-state index is 13.3. The highest BCUT2D eigenvalue weighted by molar-refractivity contribution is 6.32. The molecule has 0 aromatic heterocycles. The van der Waals surface area contributed by atoms with Gasteiger partial charge in [0.2, 0.25) is 0 Å². The van der Waals surface area contributed by atoms with Gasteiger partial charge in [0.15, 0.2) is 18.1 Å². The van der Waals surface area contributed by atoms with Gasteiger partial charge in [0.05, 0.1) is 25.3 Å². The van der Waals surface area contributed by atoms with Crippen molar-refractivity contribution in [3.8, 4) is 17.2 Å². The molecule has 1 atom stereocenters. The summed E-state index contributed by atoms with van der Waals surface area (Å²) in [5.41, 5.74) is 4.22. The van der Waals surface area contributed by atoms with Gasteiger partial charge in [-0.3, -0.25) is 4.79 Å². The highest BCUT2D eigenvalue weighted by Crippen LogP contribution is 2.41. The highest BCUT2D eigenvalue weighted by atomic mass is 35.5. The molecule has 0 N–H and O–H groups in total. The van der Waals surface area contributed by atoms with E-state index in [1.165, 1.54) is 0 Å². The van der Waals surface area contributed by atoms with Gasteiger partial charge in [0, 0.05) is 6.54 Å². The van der Waals surface area contributed by atoms with E-state index in [2.05, 4.69) is 0 Å². The first-order valence-corrected chi connectivity index (χ1v) is 10.9. The van der Waals surface area contributed by atoms with Gasteiger partial charge >= 0.3 is 0 Å². The van der Waals surface area contributed by atoms with Crippen molar-refractivity contribution in [1.29, 1.82) is 0 Å². The van der Waals surface area contributed by atoms with Crippen LogP contribution in [-0.4, -0.2) is 38.2 Å². The molecule has 0 bridgehead atoms. The molecule has 6 heteroatoms. The van der Waals surface area contributed by atoms with E-state index in [1.54, 1.807) is 20.3 Å². The zero-order valence-corrected chi connectivity index (χ0v) is 19.2. The van der Waals surface area contributed by atoms with Crippen LogP contribution in [0.2, 0.25) is 5.02 Å². The zero-order chi connectivity index (χ0) is 22.7. The lowest BCUT2D eigenvalue weighted by molar-refractivity contribution is -0.135. The van der Waals surface area contributed by atoms with Gasteiger partial charge in [-0.05, 0) is 59.9 Å². The second-order valence-electron chi connectivity index (χ2n) is 7.78. The Hall–Kier alpha value is -3.18. The SMILES string of the molecule is COc1cc2c(cc1OC)C(c1ccccc1)N(C(=O)COc1cc(C)ccc1Cl)CC2. The van der Waals surface area contributed by atoms with Gasteiger partial charge in [-0.1, -0.05) is 48.0 Å². The van der Waals surface area contributed by atoms with E-state index in [1.807, 2.05) is 66.4 Å². The lowest BCUT2D eigenvalue weighted by atomic mass is 9.87. The fourth-order valence-corrected chi connectivity index (χ4v) is 4.32. The average molecular weight is 452 g/mol. The van der Waals surface area contributed by atoms with Crippen molar-refractivity contribution in [2.75, 3.05) is 27.4 Å². The van der Waals surface area contributed by atoms with Crippen LogP contribution >= 0.6 is 11.6 Å². The summed E-state index contributed by atoms with van der Waals surface area (Å²) in [7, 11) is 3.25. The number of nitrogens with zero attached hydrogens (tertiary/aromatic N) is 1. The Labute approximate surface area is 193 Å². The Morgan fingerprint density at radius 3 is 2.44 bits per heavy atom. The second-order valence-corrected chi connectivity index (χ2v) is 8.19. The first-order valence-electron chi connectivity index (χ1n) is 10.5. The number of hydrogen-bond acceptors (Lipinski definition) is 4. The summed E-state index contributed by atoms with van der Waals surface area (Å²) in [5, 5.41) is 0.490. The Kier molecular flexibility index (Phi) is 6.56. The number of carbonyl (C=O) groups excluding carboxylic acids is 1. The zero-order valence-electron chi connectivity index (χ0n) is 18.4. The summed E-state index contributed by atoms with van der Waals surface area (Å²) in [4.78, 5) is 15.2. The van der Waals surface area contributed by atoms with E-state index in [9.17, 15) is 4.79 Å². The molecule has 0 spiro atoms. The van der Waals surface area contributed by atoms with Crippen molar-refractivity contribution in [3.63, 3.8) is 0 Å². The molecule has 0 saturated heterocycles. The summed E-state index contributed by atoms with van der Waals surface area (Å²) < 4.78 is 16.9. The highest BCUT2D eigenvalue weighted by Gasteiger charge is 2.33. The molecule has 4 rings (SSSR count). The molecule has 0 saturated carbocycles. The maximum Gasteiger partial charge on any atom is 0.261 e. The van der Waals surface area contributed by atoms with Gasteiger partial charge in [0.1, 0.15) is 5.75 Å². The second kappa shape index (κ2) is 9.53. The summed E-state index contributed by atoms with van der Waals surface area (Å²) >= 11 is 6.24. The summed E-state index contributed by atoms with van der Waals surface area (Å²) in [6, 6.07) is 19.3. The Balaban J connectivity index is 1.67. The van der Waals surface area contributed by atoms with Crippen LogP contribution in [0.1, 0.15) is 28.3 Å². The molecular weight excluding hydrogens is 426 g/mol. The number of fused-ring (bicyclic) bond motifs is 1. The third-order valence-corrected chi connectivity index (χ3v) is 6.06. The molecule has 166 valence electrons. The molecule has 5 nitrogen and oxygen atoms in total. The predicted molar refractivity (Wildman–Crippen MR) is 125 cm³/mol. The number of halogens is 1. The maximum atomic E-state index is 13.3. The molecule has 3 aromatic carbocycles. The molecule has 3 aromatic rings. The molecule has 0 radical (unpaired) electrons. The minimum Gasteiger partial charge on any atom is -0.493 e. The molecule has 1 amide bonds.